The Labute approximate surface area is 352 Å². The Morgan fingerprint density at radius 1 is 0.262 bits per heavy atom. The van der Waals surface area contributed by atoms with E-state index in [1.165, 1.54) is 32.3 Å². The van der Waals surface area contributed by atoms with Gasteiger partial charge < -0.3 is 4.57 Å². The zero-order valence-electron chi connectivity index (χ0n) is 33.1. The topological polar surface area (TPSA) is 43.6 Å². The Hall–Kier alpha value is -8.21. The van der Waals surface area contributed by atoms with Crippen LogP contribution in [0.25, 0.3) is 116 Å². The Morgan fingerprint density at radius 2 is 0.738 bits per heavy atom. The van der Waals surface area contributed by atoms with E-state index in [-0.39, 0.29) is 0 Å². The summed E-state index contributed by atoms with van der Waals surface area (Å²) in [6.45, 7) is 0. The van der Waals surface area contributed by atoms with E-state index in [1.54, 1.807) is 0 Å². The first-order chi connectivity index (χ1) is 30.2. The summed E-state index contributed by atoms with van der Waals surface area (Å²) in [7, 11) is 0. The first-order valence-corrected chi connectivity index (χ1v) is 20.7. The van der Waals surface area contributed by atoms with E-state index in [0.717, 1.165) is 66.4 Å². The van der Waals surface area contributed by atoms with Crippen molar-refractivity contribution in [3.05, 3.63) is 218 Å². The van der Waals surface area contributed by atoms with Gasteiger partial charge >= 0.3 is 0 Å². The van der Waals surface area contributed by atoms with Crippen LogP contribution in [0, 0.1) is 0 Å². The molecule has 0 aliphatic rings. The van der Waals surface area contributed by atoms with Gasteiger partial charge in [0.1, 0.15) is 0 Å². The standard InChI is InChI=1S/C57H36N4/c1-3-16-37(17-4-1)45-26-13-14-28-47(45)50-36-44(61-53-34-42-23-9-7-21-40(42)32-51(53)52-33-41-22-8-10-24-43(41)35-54(52)61)30-31-49(50)57-59-55(39-19-5-2-6-20-39)58-56(60-57)48-29-15-25-38-18-11-12-27-46(38)48/h1-36H. The molecule has 284 valence electrons. The Kier molecular flexibility index (Phi) is 8.13. The second-order valence-electron chi connectivity index (χ2n) is 15.6. The molecule has 0 N–H and O–H groups in total. The minimum Gasteiger partial charge on any atom is -0.309 e. The van der Waals surface area contributed by atoms with E-state index >= 15 is 0 Å². The predicted octanol–water partition coefficient (Wildman–Crippen LogP) is 14.8. The molecule has 10 aromatic carbocycles. The zero-order chi connectivity index (χ0) is 40.3. The minimum absolute atomic E-state index is 0.611. The van der Waals surface area contributed by atoms with E-state index in [0.29, 0.717) is 17.5 Å². The predicted molar refractivity (Wildman–Crippen MR) is 254 cm³/mol. The van der Waals surface area contributed by atoms with E-state index in [1.807, 2.05) is 18.2 Å². The summed E-state index contributed by atoms with van der Waals surface area (Å²) in [5, 5.41) is 9.53. The highest BCUT2D eigenvalue weighted by Crippen LogP contribution is 2.42. The lowest BCUT2D eigenvalue weighted by Gasteiger charge is -2.18. The van der Waals surface area contributed by atoms with Gasteiger partial charge in [-0.25, -0.2) is 15.0 Å². The summed E-state index contributed by atoms with van der Waals surface area (Å²) in [6.07, 6.45) is 0. The van der Waals surface area contributed by atoms with Crippen LogP contribution in [0.2, 0.25) is 0 Å². The number of aromatic nitrogens is 4. The molecule has 2 aromatic heterocycles. The van der Waals surface area contributed by atoms with Crippen LogP contribution >= 0.6 is 0 Å². The van der Waals surface area contributed by atoms with Crippen LogP contribution in [0.5, 0.6) is 0 Å². The molecule has 0 aliphatic heterocycles. The van der Waals surface area contributed by atoms with Gasteiger partial charge in [0.25, 0.3) is 0 Å². The molecule has 0 amide bonds. The van der Waals surface area contributed by atoms with Crippen molar-refractivity contribution in [2.45, 2.75) is 0 Å². The normalized spacial score (nSPS) is 11.6. The van der Waals surface area contributed by atoms with Crippen molar-refractivity contribution in [2.24, 2.45) is 0 Å². The fourth-order valence-corrected chi connectivity index (χ4v) is 9.10. The van der Waals surface area contributed by atoms with Crippen LogP contribution in [0.15, 0.2) is 218 Å². The zero-order valence-corrected chi connectivity index (χ0v) is 33.1. The van der Waals surface area contributed by atoms with Gasteiger partial charge in [-0.05, 0) is 97.0 Å². The van der Waals surface area contributed by atoms with Crippen molar-refractivity contribution in [1.29, 1.82) is 0 Å². The van der Waals surface area contributed by atoms with Crippen molar-refractivity contribution in [1.82, 2.24) is 19.5 Å². The van der Waals surface area contributed by atoms with Gasteiger partial charge in [-0.1, -0.05) is 176 Å². The van der Waals surface area contributed by atoms with Gasteiger partial charge in [-0.2, -0.15) is 0 Å². The average molecular weight is 777 g/mol. The lowest BCUT2D eigenvalue weighted by molar-refractivity contribution is 1.08. The van der Waals surface area contributed by atoms with E-state index in [9.17, 15) is 0 Å². The van der Waals surface area contributed by atoms with Crippen molar-refractivity contribution >= 4 is 54.1 Å². The van der Waals surface area contributed by atoms with Crippen molar-refractivity contribution in [2.75, 3.05) is 0 Å². The summed E-state index contributed by atoms with van der Waals surface area (Å²) < 4.78 is 2.44. The third kappa shape index (κ3) is 5.96. The number of hydrogen-bond acceptors (Lipinski definition) is 3. The summed E-state index contributed by atoms with van der Waals surface area (Å²) >= 11 is 0. The molecule has 12 rings (SSSR count). The molecule has 0 atom stereocenters. The van der Waals surface area contributed by atoms with Crippen LogP contribution in [0.4, 0.5) is 0 Å². The SMILES string of the molecule is c1ccc(-c2nc(-c3ccc(-n4c5cc6ccccc6cc5c5cc6ccccc6cc54)cc3-c3ccccc3-c3ccccc3)nc(-c3cccc4ccccc34)n2)cc1. The van der Waals surface area contributed by atoms with Gasteiger partial charge in [-0.15, -0.1) is 0 Å². The molecule has 2 heterocycles. The third-order valence-corrected chi connectivity index (χ3v) is 12.0. The molecule has 0 saturated carbocycles. The molecule has 0 saturated heterocycles. The van der Waals surface area contributed by atoms with Crippen molar-refractivity contribution in [3.8, 4) is 62.1 Å². The number of rotatable bonds is 6. The average Bonchev–Trinajstić information content (AvgIpc) is 3.64. The van der Waals surface area contributed by atoms with E-state index in [2.05, 4.69) is 205 Å². The summed E-state index contributed by atoms with van der Waals surface area (Å²) in [4.78, 5) is 15.8. The van der Waals surface area contributed by atoms with Gasteiger partial charge in [0.05, 0.1) is 11.0 Å². The van der Waals surface area contributed by atoms with Gasteiger partial charge in [0, 0.05) is 33.2 Å². The highest BCUT2D eigenvalue weighted by molar-refractivity contribution is 6.17. The molecule has 0 radical (unpaired) electrons. The van der Waals surface area contributed by atoms with Crippen LogP contribution in [0.3, 0.4) is 0 Å². The Bertz CT molecular complexity index is 3550. The van der Waals surface area contributed by atoms with E-state index in [4.69, 9.17) is 15.0 Å². The van der Waals surface area contributed by atoms with Gasteiger partial charge in [0.2, 0.25) is 0 Å². The van der Waals surface area contributed by atoms with E-state index < -0.39 is 0 Å². The molecule has 0 unspecified atom stereocenters. The molecular weight excluding hydrogens is 741 g/mol. The van der Waals surface area contributed by atoms with Crippen molar-refractivity contribution in [3.63, 3.8) is 0 Å². The first kappa shape index (κ1) is 34.8. The third-order valence-electron chi connectivity index (χ3n) is 12.0. The maximum Gasteiger partial charge on any atom is 0.164 e. The number of benzene rings is 10. The maximum absolute atomic E-state index is 5.37. The maximum atomic E-state index is 5.37. The smallest absolute Gasteiger partial charge is 0.164 e. The minimum atomic E-state index is 0.611. The quantitative estimate of drug-likeness (QED) is 0.169. The van der Waals surface area contributed by atoms with Gasteiger partial charge in [-0.3, -0.25) is 0 Å². The largest absolute Gasteiger partial charge is 0.309 e. The lowest BCUT2D eigenvalue weighted by Crippen LogP contribution is -2.03. The Morgan fingerprint density at radius 3 is 1.39 bits per heavy atom. The number of hydrogen-bond donors (Lipinski definition) is 0. The summed E-state index contributed by atoms with van der Waals surface area (Å²) in [6, 6.07) is 77.8. The Balaban J connectivity index is 1.17. The van der Waals surface area contributed by atoms with Crippen LogP contribution in [-0.2, 0) is 0 Å². The summed E-state index contributed by atoms with van der Waals surface area (Å²) in [5.41, 5.74) is 10.6. The lowest BCUT2D eigenvalue weighted by atomic mass is 9.91. The van der Waals surface area contributed by atoms with Gasteiger partial charge in [0.15, 0.2) is 17.5 Å². The fourth-order valence-electron chi connectivity index (χ4n) is 9.10. The molecule has 0 fully saturated rings. The highest BCUT2D eigenvalue weighted by Gasteiger charge is 2.21. The fraction of sp³-hybridized carbons (Fsp3) is 0. The molecule has 61 heavy (non-hydrogen) atoms. The van der Waals surface area contributed by atoms with Crippen molar-refractivity contribution < 1.29 is 0 Å². The van der Waals surface area contributed by atoms with Crippen LogP contribution < -0.4 is 0 Å². The van der Waals surface area contributed by atoms with Crippen LogP contribution in [0.1, 0.15) is 0 Å². The molecule has 4 heteroatoms. The number of nitrogens with zero attached hydrogens (tertiary/aromatic N) is 4. The molecule has 12 aromatic rings. The molecule has 0 spiro atoms. The second kappa shape index (κ2) is 14.3. The number of fused-ring (bicyclic) bond motifs is 6. The second-order valence-corrected chi connectivity index (χ2v) is 15.6. The first-order valence-electron chi connectivity index (χ1n) is 20.7. The van der Waals surface area contributed by atoms with Crippen LogP contribution in [-0.4, -0.2) is 19.5 Å². The molecular formula is C57H36N4. The molecule has 0 aliphatic carbocycles. The summed E-state index contributed by atoms with van der Waals surface area (Å²) in [5.74, 6) is 1.87. The monoisotopic (exact) mass is 776 g/mol. The molecule has 4 nitrogen and oxygen atoms in total. The highest BCUT2D eigenvalue weighted by atomic mass is 15.0. The molecule has 0 bridgehead atoms.